The fourth-order valence-corrected chi connectivity index (χ4v) is 10.6. The minimum Gasteiger partial charge on any atom is -0.481 e. The number of carboxylic acids is 1. The Bertz CT molecular complexity index is 1440. The molecule has 15 unspecified atom stereocenters. The number of rotatable bonds is 11. The van der Waals surface area contributed by atoms with E-state index in [9.17, 15) is 54.8 Å². The van der Waals surface area contributed by atoms with Crippen LogP contribution in [0.15, 0.2) is 10.2 Å². The first-order valence-electron chi connectivity index (χ1n) is 16.5. The molecule has 4 aliphatic carbocycles. The molecule has 0 aromatic carbocycles. The lowest BCUT2D eigenvalue weighted by atomic mass is 9.64. The third-order valence-corrected chi connectivity index (χ3v) is 13.5. The van der Waals surface area contributed by atoms with E-state index < -0.39 is 115 Å². The van der Waals surface area contributed by atoms with Gasteiger partial charge in [-0.3, -0.25) is 49.2 Å². The first kappa shape index (κ1) is 38.9. The van der Waals surface area contributed by atoms with E-state index >= 15 is 0 Å². The van der Waals surface area contributed by atoms with Crippen molar-refractivity contribution in [3.8, 4) is 0 Å². The third-order valence-electron chi connectivity index (χ3n) is 10.6. The minimum atomic E-state index is -4.57. The summed E-state index contributed by atoms with van der Waals surface area (Å²) in [6.07, 6.45) is -2.01. The van der Waals surface area contributed by atoms with E-state index in [2.05, 4.69) is 36.8 Å². The van der Waals surface area contributed by atoms with Crippen LogP contribution in [-0.2, 0) is 40.6 Å². The van der Waals surface area contributed by atoms with Crippen LogP contribution in [0.4, 0.5) is 0 Å². The summed E-state index contributed by atoms with van der Waals surface area (Å²) in [5, 5.41) is 53.5. The van der Waals surface area contributed by atoms with E-state index in [1.54, 1.807) is 0 Å². The van der Waals surface area contributed by atoms with E-state index in [0.29, 0.717) is 38.5 Å². The summed E-state index contributed by atoms with van der Waals surface area (Å²) >= 11 is -2.79. The predicted octanol–water partition coefficient (Wildman–Crippen LogP) is -1.61. The van der Waals surface area contributed by atoms with Gasteiger partial charge in [0.15, 0.2) is 6.35 Å². The van der Waals surface area contributed by atoms with Crippen LogP contribution in [0, 0.1) is 17.8 Å². The van der Waals surface area contributed by atoms with Crippen molar-refractivity contribution >= 4 is 37.6 Å². The Morgan fingerprint density at radius 2 is 1.49 bits per heavy atom. The maximum absolute atomic E-state index is 12.4. The summed E-state index contributed by atoms with van der Waals surface area (Å²) in [5.41, 5.74) is 0. The van der Waals surface area contributed by atoms with Crippen LogP contribution < -0.4 is 26.6 Å². The lowest BCUT2D eigenvalue weighted by molar-refractivity contribution is -0.143. The number of hydrogen-bond donors (Lipinski definition) is 11. The van der Waals surface area contributed by atoms with Gasteiger partial charge in [-0.2, -0.15) is 31.3 Å². The molecule has 0 aromatic heterocycles. The number of aliphatic hydroxyl groups excluding tert-OH is 2. The van der Waals surface area contributed by atoms with Crippen LogP contribution in [0.2, 0.25) is 0 Å². The highest BCUT2D eigenvalue weighted by molar-refractivity contribution is 7.86. The van der Waals surface area contributed by atoms with Gasteiger partial charge in [0.2, 0.25) is 0 Å². The van der Waals surface area contributed by atoms with Gasteiger partial charge in [-0.05, 0) is 57.3 Å². The molecule has 1 saturated heterocycles. The van der Waals surface area contributed by atoms with Gasteiger partial charge in [0, 0.05) is 18.0 Å². The second-order valence-corrected chi connectivity index (χ2v) is 17.8. The van der Waals surface area contributed by atoms with Crippen LogP contribution in [0.3, 0.4) is 0 Å². The highest BCUT2D eigenvalue weighted by Gasteiger charge is 2.54. The molecule has 1 aliphatic heterocycles. The lowest BCUT2D eigenvalue weighted by Gasteiger charge is -2.51. The van der Waals surface area contributed by atoms with Crippen LogP contribution in [0.1, 0.15) is 70.6 Å². The molecule has 282 valence electrons. The molecule has 1 heterocycles. The normalized spacial score (nSPS) is 43.1. The van der Waals surface area contributed by atoms with Crippen LogP contribution in [0.5, 0.6) is 0 Å². The second kappa shape index (κ2) is 16.1. The number of nitrogens with zero attached hydrogens (tertiary/aromatic N) is 2. The molecule has 0 spiro atoms. The monoisotopic (exact) mass is 761 g/mol. The standard InChI is InChI=1S/C26H47N7O13S3/c34-22-20-12(9-19(46-47(38)39)21(22)33-32-17-7-2-1-6-16(17)23(35)36)8-15(49(43,44)45)11-18(20)28-25-29-24(30-26(37)31-25)27-13-4-3-5-14(10-13)48(40,41)42/h12-22,24-31,34,37H,1-11H2,(H,35,36)(H,38,39)(H,40,41,42)(H,43,44,45). The van der Waals surface area contributed by atoms with Crippen molar-refractivity contribution < 1.29 is 59.0 Å². The molecule has 11 N–H and O–H groups in total. The molecule has 5 fully saturated rings. The molecule has 20 nitrogen and oxygen atoms in total. The molecule has 23 heteroatoms. The van der Waals surface area contributed by atoms with Crippen molar-refractivity contribution in [1.82, 2.24) is 26.6 Å². The van der Waals surface area contributed by atoms with Gasteiger partial charge >= 0.3 is 17.3 Å². The zero-order valence-electron chi connectivity index (χ0n) is 26.5. The summed E-state index contributed by atoms with van der Waals surface area (Å²) in [5.74, 6) is -3.22. The molecule has 49 heavy (non-hydrogen) atoms. The van der Waals surface area contributed by atoms with Crippen molar-refractivity contribution in [2.75, 3.05) is 0 Å². The van der Waals surface area contributed by atoms with Crippen molar-refractivity contribution in [3.63, 3.8) is 0 Å². The number of aliphatic hydroxyl groups is 2. The van der Waals surface area contributed by atoms with E-state index in [0.717, 1.165) is 6.42 Å². The largest absolute Gasteiger partial charge is 0.481 e. The van der Waals surface area contributed by atoms with E-state index in [1.807, 2.05) is 0 Å². The average Bonchev–Trinajstić information content (AvgIpc) is 2.99. The molecule has 4 saturated carbocycles. The number of azo groups is 1. The summed E-state index contributed by atoms with van der Waals surface area (Å²) in [7, 11) is -8.81. The Morgan fingerprint density at radius 3 is 2.14 bits per heavy atom. The van der Waals surface area contributed by atoms with Gasteiger partial charge in [-0.15, -0.1) is 0 Å². The molecule has 0 radical (unpaired) electrons. The Kier molecular flexibility index (Phi) is 12.8. The Hall–Kier alpha value is -1.32. The van der Waals surface area contributed by atoms with Crippen molar-refractivity contribution in [3.05, 3.63) is 0 Å². The second-order valence-electron chi connectivity index (χ2n) is 13.8. The predicted molar refractivity (Wildman–Crippen MR) is 170 cm³/mol. The lowest BCUT2D eigenvalue weighted by Crippen LogP contribution is -2.77. The van der Waals surface area contributed by atoms with Crippen LogP contribution >= 0.6 is 0 Å². The highest BCUT2D eigenvalue weighted by Crippen LogP contribution is 2.45. The van der Waals surface area contributed by atoms with Gasteiger partial charge in [0.1, 0.15) is 24.7 Å². The molecule has 5 aliphatic rings. The number of nitrogens with one attached hydrogen (secondary N) is 5. The fraction of sp³-hybridized carbons (Fsp3) is 0.962. The Labute approximate surface area is 287 Å². The fourth-order valence-electron chi connectivity index (χ4n) is 8.32. The summed E-state index contributed by atoms with van der Waals surface area (Å²) in [6.45, 7) is 0. The van der Waals surface area contributed by atoms with Crippen LogP contribution in [0.25, 0.3) is 0 Å². The van der Waals surface area contributed by atoms with E-state index in [-0.39, 0.29) is 31.7 Å². The first-order chi connectivity index (χ1) is 23.0. The average molecular weight is 762 g/mol. The Morgan fingerprint density at radius 1 is 0.816 bits per heavy atom. The zero-order valence-corrected chi connectivity index (χ0v) is 29.0. The highest BCUT2D eigenvalue weighted by atomic mass is 32.2. The quantitative estimate of drug-likeness (QED) is 0.0641. The van der Waals surface area contributed by atoms with Crippen molar-refractivity contribution in [1.29, 1.82) is 0 Å². The third kappa shape index (κ3) is 9.97. The van der Waals surface area contributed by atoms with Crippen molar-refractivity contribution in [2.45, 2.75) is 136 Å². The van der Waals surface area contributed by atoms with E-state index in [4.69, 9.17) is 4.18 Å². The minimum absolute atomic E-state index is 0.0363. The molecular formula is C26H47N7O13S3. The Balaban J connectivity index is 1.36. The zero-order chi connectivity index (χ0) is 35.7. The maximum atomic E-state index is 12.4. The molecular weight excluding hydrogens is 715 g/mol. The SMILES string of the molecule is O=C(O)C1CCCCC1N=NC1C(OS(=O)O)CC2CC(S(=O)(=O)O)CC(NC3NC(O)NC(NC4CCCC(S(=O)(=O)O)C4)N3)C2C1O. The number of aliphatic carboxylic acids is 1. The first-order valence-corrected chi connectivity index (χ1v) is 20.5. The molecule has 0 amide bonds. The maximum Gasteiger partial charge on any atom is 0.308 e. The topological polar surface area (TPSA) is 318 Å². The van der Waals surface area contributed by atoms with Gasteiger partial charge in [0.05, 0.1) is 28.6 Å². The molecule has 0 bridgehead atoms. The van der Waals surface area contributed by atoms with E-state index in [1.165, 1.54) is 0 Å². The number of carboxylic acid groups (broad SMARTS) is 1. The smallest absolute Gasteiger partial charge is 0.308 e. The molecule has 15 atom stereocenters. The van der Waals surface area contributed by atoms with Gasteiger partial charge in [0.25, 0.3) is 20.2 Å². The van der Waals surface area contributed by atoms with Crippen LogP contribution in [-0.4, -0.2) is 122 Å². The summed E-state index contributed by atoms with van der Waals surface area (Å²) < 4.78 is 94.4. The van der Waals surface area contributed by atoms with Gasteiger partial charge in [-0.25, -0.2) is 0 Å². The summed E-state index contributed by atoms with van der Waals surface area (Å²) in [6, 6.07) is -3.08. The number of fused-ring (bicyclic) bond motifs is 1. The van der Waals surface area contributed by atoms with Gasteiger partial charge in [-0.1, -0.05) is 19.3 Å². The molecule has 5 rings (SSSR count). The summed E-state index contributed by atoms with van der Waals surface area (Å²) in [4.78, 5) is 11.8. The van der Waals surface area contributed by atoms with Crippen molar-refractivity contribution in [2.24, 2.45) is 28.0 Å². The number of carbonyl (C=O) groups is 1. The number of hydrogen-bond acceptors (Lipinski definition) is 16. The molecule has 0 aromatic rings. The van der Waals surface area contributed by atoms with Gasteiger partial charge < -0.3 is 15.3 Å².